The molecule has 0 N–H and O–H groups in total. The minimum absolute atomic E-state index is 0.138. The van der Waals surface area contributed by atoms with Gasteiger partial charge in [0.2, 0.25) is 0 Å². The van der Waals surface area contributed by atoms with Crippen molar-refractivity contribution in [2.75, 3.05) is 4.90 Å². The van der Waals surface area contributed by atoms with Crippen LogP contribution >= 0.6 is 35.6 Å². The largest absolute Gasteiger partial charge is 0.465 e. The molecule has 0 bridgehead atoms. The van der Waals surface area contributed by atoms with Crippen molar-refractivity contribution in [3.63, 3.8) is 0 Å². The summed E-state index contributed by atoms with van der Waals surface area (Å²) in [6, 6.07) is 10.7. The summed E-state index contributed by atoms with van der Waals surface area (Å²) in [5.41, 5.74) is 0.713. The number of anilines is 1. The highest BCUT2D eigenvalue weighted by Crippen LogP contribution is 2.35. The summed E-state index contributed by atoms with van der Waals surface area (Å²) in [5.74, 6) is 0.589. The van der Waals surface area contributed by atoms with Crippen LogP contribution in [0.4, 0.5) is 5.69 Å². The molecule has 0 aliphatic carbocycles. The minimum Gasteiger partial charge on any atom is -0.465 e. The van der Waals surface area contributed by atoms with Crippen LogP contribution in [0.5, 0.6) is 0 Å². The van der Waals surface area contributed by atoms with E-state index in [9.17, 15) is 4.79 Å². The molecule has 22 heavy (non-hydrogen) atoms. The molecule has 1 saturated heterocycles. The van der Waals surface area contributed by atoms with Gasteiger partial charge >= 0.3 is 0 Å². The third kappa shape index (κ3) is 3.16. The lowest BCUT2D eigenvalue weighted by atomic mass is 10.3. The zero-order valence-corrected chi connectivity index (χ0v) is 13.6. The number of benzene rings is 1. The first kappa shape index (κ1) is 15.1. The van der Waals surface area contributed by atoms with Gasteiger partial charge in [-0.2, -0.15) is 0 Å². The summed E-state index contributed by atoms with van der Waals surface area (Å²) >= 11 is 12.4. The number of nitrogens with zero attached hydrogens (tertiary/aromatic N) is 1. The lowest BCUT2D eigenvalue weighted by Gasteiger charge is -2.14. The summed E-state index contributed by atoms with van der Waals surface area (Å²) < 4.78 is 5.70. The molecule has 0 radical (unpaired) electrons. The van der Waals surface area contributed by atoms with E-state index in [0.717, 1.165) is 5.76 Å². The zero-order chi connectivity index (χ0) is 15.5. The fourth-order valence-electron chi connectivity index (χ4n) is 1.91. The molecule has 110 valence electrons. The number of carbonyl (C=O) groups excluding carboxylic acids is 1. The molecule has 3 nitrogen and oxygen atoms in total. The van der Waals surface area contributed by atoms with Crippen LogP contribution in [-0.2, 0) is 4.79 Å². The van der Waals surface area contributed by atoms with Gasteiger partial charge in [0.1, 0.15) is 5.76 Å². The molecule has 0 saturated carbocycles. The second-order valence-electron chi connectivity index (χ2n) is 4.39. The fourth-order valence-corrected chi connectivity index (χ4v) is 3.29. The Kier molecular flexibility index (Phi) is 4.47. The quantitative estimate of drug-likeness (QED) is 0.584. The van der Waals surface area contributed by atoms with Crippen molar-refractivity contribution in [3.05, 3.63) is 70.5 Å². The van der Waals surface area contributed by atoms with E-state index in [-0.39, 0.29) is 5.91 Å². The molecule has 1 aliphatic heterocycles. The molecule has 1 aromatic carbocycles. The highest BCUT2D eigenvalue weighted by atomic mass is 35.5. The molecule has 2 heterocycles. The summed E-state index contributed by atoms with van der Waals surface area (Å²) in [4.78, 5) is 14.5. The second kappa shape index (κ2) is 6.52. The minimum atomic E-state index is -0.138. The number of thiocarbonyl (C=S) groups is 1. The van der Waals surface area contributed by atoms with Crippen LogP contribution in [-0.4, -0.2) is 10.2 Å². The van der Waals surface area contributed by atoms with E-state index in [0.29, 0.717) is 19.9 Å². The van der Waals surface area contributed by atoms with Crippen molar-refractivity contribution >= 4 is 57.6 Å². The molecule has 1 aromatic heterocycles. The second-order valence-corrected chi connectivity index (χ2v) is 6.50. The Morgan fingerprint density at radius 1 is 1.23 bits per heavy atom. The maximum atomic E-state index is 12.5. The van der Waals surface area contributed by atoms with Gasteiger partial charge in [-0.1, -0.05) is 41.7 Å². The van der Waals surface area contributed by atoms with Crippen LogP contribution in [0, 0.1) is 0 Å². The van der Waals surface area contributed by atoms with Gasteiger partial charge in [0.15, 0.2) is 4.32 Å². The smallest absolute Gasteiger partial charge is 0.270 e. The van der Waals surface area contributed by atoms with Crippen molar-refractivity contribution in [2.45, 2.75) is 0 Å². The van der Waals surface area contributed by atoms with Crippen LogP contribution in [0.1, 0.15) is 5.76 Å². The van der Waals surface area contributed by atoms with E-state index >= 15 is 0 Å². The van der Waals surface area contributed by atoms with E-state index in [1.165, 1.54) is 16.7 Å². The van der Waals surface area contributed by atoms with Crippen LogP contribution < -0.4 is 4.90 Å². The lowest BCUT2D eigenvalue weighted by Crippen LogP contribution is -2.27. The SMILES string of the molecule is O=C1C(=CC=Cc2ccco2)SC(=S)N1c1ccc(Cl)cc1. The van der Waals surface area contributed by atoms with E-state index in [1.54, 1.807) is 54.8 Å². The Morgan fingerprint density at radius 3 is 2.68 bits per heavy atom. The number of halogens is 1. The number of thioether (sulfide) groups is 1. The molecular weight excluding hydrogens is 338 g/mol. The Hall–Kier alpha value is -1.82. The topological polar surface area (TPSA) is 33.5 Å². The Labute approximate surface area is 142 Å². The van der Waals surface area contributed by atoms with Crippen molar-refractivity contribution in [1.82, 2.24) is 0 Å². The number of furan rings is 1. The first-order chi connectivity index (χ1) is 10.6. The summed E-state index contributed by atoms with van der Waals surface area (Å²) in [6.07, 6.45) is 6.89. The number of hydrogen-bond donors (Lipinski definition) is 0. The van der Waals surface area contributed by atoms with Gasteiger partial charge in [0.25, 0.3) is 5.91 Å². The van der Waals surface area contributed by atoms with E-state index < -0.39 is 0 Å². The molecule has 0 atom stereocenters. The maximum Gasteiger partial charge on any atom is 0.270 e. The Balaban J connectivity index is 1.80. The average Bonchev–Trinajstić information content (AvgIpc) is 3.10. The molecular formula is C16H10ClNO2S2. The number of carbonyl (C=O) groups is 1. The molecule has 0 spiro atoms. The van der Waals surface area contributed by atoms with Crippen LogP contribution in [0.3, 0.4) is 0 Å². The Bertz CT molecular complexity index is 764. The first-order valence-corrected chi connectivity index (χ1v) is 7.99. The predicted molar refractivity (Wildman–Crippen MR) is 95.0 cm³/mol. The monoisotopic (exact) mass is 347 g/mol. The molecule has 1 aliphatic rings. The van der Waals surface area contributed by atoms with Crippen LogP contribution in [0.25, 0.3) is 6.08 Å². The van der Waals surface area contributed by atoms with Gasteiger partial charge in [-0.05, 0) is 48.6 Å². The van der Waals surface area contributed by atoms with E-state index in [4.69, 9.17) is 28.2 Å². The first-order valence-electron chi connectivity index (χ1n) is 6.39. The molecule has 2 aromatic rings. The van der Waals surface area contributed by atoms with Crippen LogP contribution in [0.15, 0.2) is 64.1 Å². The van der Waals surface area contributed by atoms with Gasteiger partial charge in [-0.25, -0.2) is 0 Å². The van der Waals surface area contributed by atoms with Gasteiger partial charge < -0.3 is 4.42 Å². The zero-order valence-electron chi connectivity index (χ0n) is 11.2. The number of hydrogen-bond acceptors (Lipinski definition) is 4. The van der Waals surface area contributed by atoms with Gasteiger partial charge in [-0.15, -0.1) is 0 Å². The Morgan fingerprint density at radius 2 is 2.00 bits per heavy atom. The molecule has 0 unspecified atom stereocenters. The average molecular weight is 348 g/mol. The van der Waals surface area contributed by atoms with E-state index in [2.05, 4.69) is 0 Å². The van der Waals surface area contributed by atoms with Crippen molar-refractivity contribution in [1.29, 1.82) is 0 Å². The van der Waals surface area contributed by atoms with Gasteiger partial charge in [-0.3, -0.25) is 9.69 Å². The summed E-state index contributed by atoms with van der Waals surface area (Å²) in [5, 5.41) is 0.617. The van der Waals surface area contributed by atoms with Crippen molar-refractivity contribution in [3.8, 4) is 0 Å². The summed E-state index contributed by atoms with van der Waals surface area (Å²) in [7, 11) is 0. The lowest BCUT2D eigenvalue weighted by molar-refractivity contribution is -0.113. The van der Waals surface area contributed by atoms with Crippen molar-refractivity contribution < 1.29 is 9.21 Å². The highest BCUT2D eigenvalue weighted by molar-refractivity contribution is 8.27. The third-order valence-corrected chi connectivity index (χ3v) is 4.50. The standard InChI is InChI=1S/C16H10ClNO2S2/c17-11-6-8-12(9-7-11)18-15(19)14(22-16(18)21)5-1-3-13-4-2-10-20-13/h1-10H. The molecule has 3 rings (SSSR count). The van der Waals surface area contributed by atoms with Crippen LogP contribution in [0.2, 0.25) is 5.02 Å². The number of rotatable bonds is 3. The van der Waals surface area contributed by atoms with E-state index in [1.807, 2.05) is 6.07 Å². The van der Waals surface area contributed by atoms with Crippen molar-refractivity contribution in [2.24, 2.45) is 0 Å². The predicted octanol–water partition coefficient (Wildman–Crippen LogP) is 4.90. The number of allylic oxidation sites excluding steroid dienone is 2. The number of amides is 1. The normalized spacial score (nSPS) is 17.1. The molecule has 1 fully saturated rings. The maximum absolute atomic E-state index is 12.5. The summed E-state index contributed by atoms with van der Waals surface area (Å²) in [6.45, 7) is 0. The fraction of sp³-hybridized carbons (Fsp3) is 0. The van der Waals surface area contributed by atoms with Gasteiger partial charge in [0.05, 0.1) is 16.9 Å². The third-order valence-electron chi connectivity index (χ3n) is 2.93. The highest BCUT2D eigenvalue weighted by Gasteiger charge is 2.32. The molecule has 6 heteroatoms. The van der Waals surface area contributed by atoms with Gasteiger partial charge in [0, 0.05) is 5.02 Å². The molecule has 1 amide bonds.